The standard InChI is InChI=1S/C14H20F2N2Si/c1-19(2,3)9-6-12-10-17-18(11-12)13-4-7-14(15,16)8-5-13/h10-11,13H,4-5,7-8H2,1-3H3. The van der Waals surface area contributed by atoms with Gasteiger partial charge in [0.15, 0.2) is 0 Å². The van der Waals surface area contributed by atoms with Gasteiger partial charge in [-0.15, -0.1) is 5.54 Å². The molecule has 0 saturated heterocycles. The smallest absolute Gasteiger partial charge is 0.248 e. The fraction of sp³-hybridized carbons (Fsp3) is 0.643. The van der Waals surface area contributed by atoms with Gasteiger partial charge in [0.1, 0.15) is 8.07 Å². The summed E-state index contributed by atoms with van der Waals surface area (Å²) in [6, 6.07) is 0.0991. The Morgan fingerprint density at radius 1 is 1.32 bits per heavy atom. The molecule has 19 heavy (non-hydrogen) atoms. The van der Waals surface area contributed by atoms with E-state index in [1.807, 2.05) is 10.9 Å². The molecule has 1 heterocycles. The summed E-state index contributed by atoms with van der Waals surface area (Å²) in [7, 11) is -1.39. The Balaban J connectivity index is 2.03. The largest absolute Gasteiger partial charge is 0.268 e. The average molecular weight is 282 g/mol. The third-order valence-electron chi connectivity index (χ3n) is 3.24. The molecular weight excluding hydrogens is 262 g/mol. The lowest BCUT2D eigenvalue weighted by Gasteiger charge is -2.28. The second-order valence-electron chi connectivity index (χ2n) is 6.30. The van der Waals surface area contributed by atoms with E-state index in [-0.39, 0.29) is 18.9 Å². The summed E-state index contributed by atoms with van der Waals surface area (Å²) in [6.45, 7) is 6.56. The van der Waals surface area contributed by atoms with Crippen LogP contribution in [-0.2, 0) is 0 Å². The molecule has 0 bridgehead atoms. The quantitative estimate of drug-likeness (QED) is 0.565. The lowest BCUT2D eigenvalue weighted by atomic mass is 9.92. The van der Waals surface area contributed by atoms with Crippen molar-refractivity contribution in [2.24, 2.45) is 0 Å². The highest BCUT2D eigenvalue weighted by Crippen LogP contribution is 2.38. The van der Waals surface area contributed by atoms with Gasteiger partial charge in [0.05, 0.1) is 17.8 Å². The molecule has 1 aromatic heterocycles. The molecule has 0 spiro atoms. The predicted molar refractivity (Wildman–Crippen MR) is 74.9 cm³/mol. The van der Waals surface area contributed by atoms with Gasteiger partial charge < -0.3 is 0 Å². The van der Waals surface area contributed by atoms with Crippen LogP contribution in [0.2, 0.25) is 19.6 Å². The highest BCUT2D eigenvalue weighted by Gasteiger charge is 2.35. The zero-order valence-electron chi connectivity index (χ0n) is 11.7. The lowest BCUT2D eigenvalue weighted by Crippen LogP contribution is -2.26. The average Bonchev–Trinajstić information content (AvgIpc) is 2.74. The van der Waals surface area contributed by atoms with Crippen LogP contribution in [0.25, 0.3) is 0 Å². The van der Waals surface area contributed by atoms with Crippen molar-refractivity contribution < 1.29 is 8.78 Å². The molecule has 1 fully saturated rings. The molecule has 104 valence electrons. The van der Waals surface area contributed by atoms with Gasteiger partial charge in [0.2, 0.25) is 5.92 Å². The SMILES string of the molecule is C[Si](C)(C)C#Cc1cnn(C2CCC(F)(F)CC2)c1. The zero-order valence-corrected chi connectivity index (χ0v) is 12.7. The normalized spacial score (nSPS) is 19.8. The van der Waals surface area contributed by atoms with E-state index in [1.165, 1.54) is 0 Å². The van der Waals surface area contributed by atoms with E-state index in [0.29, 0.717) is 12.8 Å². The van der Waals surface area contributed by atoms with E-state index >= 15 is 0 Å². The van der Waals surface area contributed by atoms with Crippen molar-refractivity contribution in [3.63, 3.8) is 0 Å². The topological polar surface area (TPSA) is 17.8 Å². The summed E-state index contributed by atoms with van der Waals surface area (Å²) in [5, 5.41) is 4.27. The van der Waals surface area contributed by atoms with Gasteiger partial charge in [0.25, 0.3) is 0 Å². The minimum atomic E-state index is -2.48. The Bertz CT molecular complexity index is 495. The van der Waals surface area contributed by atoms with Crippen molar-refractivity contribution in [2.45, 2.75) is 57.3 Å². The van der Waals surface area contributed by atoms with Gasteiger partial charge >= 0.3 is 0 Å². The summed E-state index contributed by atoms with van der Waals surface area (Å²) >= 11 is 0. The Kier molecular flexibility index (Phi) is 3.82. The summed E-state index contributed by atoms with van der Waals surface area (Å²) in [6.07, 6.45) is 4.55. The van der Waals surface area contributed by atoms with Gasteiger partial charge in [-0.1, -0.05) is 25.6 Å². The van der Waals surface area contributed by atoms with E-state index in [1.54, 1.807) is 6.20 Å². The number of hydrogen-bond acceptors (Lipinski definition) is 1. The third-order valence-corrected chi connectivity index (χ3v) is 4.12. The van der Waals surface area contributed by atoms with Crippen LogP contribution in [0.4, 0.5) is 8.78 Å². The fourth-order valence-corrected chi connectivity index (χ4v) is 2.67. The van der Waals surface area contributed by atoms with Crippen molar-refractivity contribution in [1.29, 1.82) is 0 Å². The van der Waals surface area contributed by atoms with E-state index in [9.17, 15) is 8.78 Å². The van der Waals surface area contributed by atoms with E-state index < -0.39 is 14.0 Å². The third kappa shape index (κ3) is 4.17. The Morgan fingerprint density at radius 2 is 1.95 bits per heavy atom. The molecule has 5 heteroatoms. The van der Waals surface area contributed by atoms with Crippen LogP contribution in [-0.4, -0.2) is 23.8 Å². The zero-order chi connectivity index (χ0) is 14.1. The van der Waals surface area contributed by atoms with E-state index in [2.05, 4.69) is 36.2 Å². The van der Waals surface area contributed by atoms with Crippen molar-refractivity contribution in [1.82, 2.24) is 9.78 Å². The van der Waals surface area contributed by atoms with Gasteiger partial charge in [0, 0.05) is 19.0 Å². The first-order chi connectivity index (χ1) is 8.75. The molecule has 0 radical (unpaired) electrons. The fourth-order valence-electron chi connectivity index (χ4n) is 2.15. The maximum Gasteiger partial charge on any atom is 0.248 e. The van der Waals surface area contributed by atoms with Gasteiger partial charge in [-0.05, 0) is 12.8 Å². The first kappa shape index (κ1) is 14.3. The molecule has 1 saturated carbocycles. The van der Waals surface area contributed by atoms with Gasteiger partial charge in [-0.25, -0.2) is 8.78 Å². The number of halogens is 2. The molecule has 2 rings (SSSR count). The molecule has 0 atom stereocenters. The molecule has 1 aliphatic rings. The Morgan fingerprint density at radius 3 is 2.53 bits per heavy atom. The van der Waals surface area contributed by atoms with Crippen LogP contribution in [0.5, 0.6) is 0 Å². The molecule has 1 aromatic rings. The highest BCUT2D eigenvalue weighted by molar-refractivity contribution is 6.83. The van der Waals surface area contributed by atoms with Crippen LogP contribution < -0.4 is 0 Å². The molecule has 2 nitrogen and oxygen atoms in total. The van der Waals surface area contributed by atoms with Crippen molar-refractivity contribution >= 4 is 8.07 Å². The van der Waals surface area contributed by atoms with E-state index in [0.717, 1.165) is 5.56 Å². The minimum absolute atomic E-state index is 0.0343. The molecule has 0 N–H and O–H groups in total. The summed E-state index contributed by atoms with van der Waals surface area (Å²) in [4.78, 5) is 0. The minimum Gasteiger partial charge on any atom is -0.268 e. The molecule has 0 amide bonds. The molecule has 1 aliphatic carbocycles. The lowest BCUT2D eigenvalue weighted by molar-refractivity contribution is -0.0449. The van der Waals surface area contributed by atoms with Crippen molar-refractivity contribution in [2.75, 3.05) is 0 Å². The van der Waals surface area contributed by atoms with Crippen LogP contribution in [0.3, 0.4) is 0 Å². The number of rotatable bonds is 1. The van der Waals surface area contributed by atoms with Crippen LogP contribution in [0.15, 0.2) is 12.4 Å². The van der Waals surface area contributed by atoms with Crippen LogP contribution in [0.1, 0.15) is 37.3 Å². The van der Waals surface area contributed by atoms with Crippen LogP contribution >= 0.6 is 0 Å². The first-order valence-corrected chi connectivity index (χ1v) is 10.2. The summed E-state index contributed by atoms with van der Waals surface area (Å²) in [5.41, 5.74) is 4.17. The number of alkyl halides is 2. The second-order valence-corrected chi connectivity index (χ2v) is 11.0. The summed E-state index contributed by atoms with van der Waals surface area (Å²) in [5.74, 6) is 0.659. The summed E-state index contributed by atoms with van der Waals surface area (Å²) < 4.78 is 28.0. The number of hydrogen-bond donors (Lipinski definition) is 0. The second kappa shape index (κ2) is 5.08. The Labute approximate surface area is 114 Å². The van der Waals surface area contributed by atoms with Crippen molar-refractivity contribution in [3.05, 3.63) is 18.0 Å². The van der Waals surface area contributed by atoms with E-state index in [4.69, 9.17) is 0 Å². The molecular formula is C14H20F2N2Si. The maximum atomic E-state index is 13.1. The highest BCUT2D eigenvalue weighted by atomic mass is 28.3. The monoisotopic (exact) mass is 282 g/mol. The van der Waals surface area contributed by atoms with Gasteiger partial charge in [-0.2, -0.15) is 5.10 Å². The Hall–Kier alpha value is -1.15. The molecule has 0 aliphatic heterocycles. The maximum absolute atomic E-state index is 13.1. The molecule has 0 unspecified atom stereocenters. The number of aromatic nitrogens is 2. The number of nitrogens with zero attached hydrogens (tertiary/aromatic N) is 2. The van der Waals surface area contributed by atoms with Crippen molar-refractivity contribution in [3.8, 4) is 11.5 Å². The first-order valence-electron chi connectivity index (χ1n) is 6.70. The predicted octanol–water partition coefficient (Wildman–Crippen LogP) is 3.86. The van der Waals surface area contributed by atoms with Gasteiger partial charge in [-0.3, -0.25) is 4.68 Å². The van der Waals surface area contributed by atoms with Crippen LogP contribution in [0, 0.1) is 11.5 Å². The molecule has 0 aromatic carbocycles.